The summed E-state index contributed by atoms with van der Waals surface area (Å²) in [5, 5.41) is 16.9. The van der Waals surface area contributed by atoms with Crippen molar-refractivity contribution in [1.82, 2.24) is 15.5 Å². The van der Waals surface area contributed by atoms with E-state index in [2.05, 4.69) is 15.5 Å². The normalized spacial score (nSPS) is 13.2. The Bertz CT molecular complexity index is 818. The van der Waals surface area contributed by atoms with Crippen LogP contribution in [-0.2, 0) is 0 Å². The van der Waals surface area contributed by atoms with Gasteiger partial charge in [0.1, 0.15) is 0 Å². The van der Waals surface area contributed by atoms with Crippen LogP contribution in [0, 0.1) is 0 Å². The van der Waals surface area contributed by atoms with E-state index in [1.807, 2.05) is 37.3 Å². The first-order valence-corrected chi connectivity index (χ1v) is 8.04. The van der Waals surface area contributed by atoms with Gasteiger partial charge in [-0.3, -0.25) is 9.78 Å². The first kappa shape index (κ1) is 16.9. The fourth-order valence-corrected chi connectivity index (χ4v) is 2.54. The molecule has 6 nitrogen and oxygen atoms in total. The van der Waals surface area contributed by atoms with Crippen molar-refractivity contribution in [2.45, 2.75) is 25.5 Å². The van der Waals surface area contributed by atoms with Gasteiger partial charge in [0.2, 0.25) is 0 Å². The second-order valence-electron chi connectivity index (χ2n) is 5.85. The number of pyridine rings is 1. The SMILES string of the molecule is CC(CC(O)c1ccccc1)NC(=O)c1cc(-c2ccncc2)on1. The Hall–Kier alpha value is -2.99. The number of hydrogen-bond donors (Lipinski definition) is 2. The molecule has 0 bridgehead atoms. The monoisotopic (exact) mass is 337 g/mol. The number of aliphatic hydroxyl groups excluding tert-OH is 1. The highest BCUT2D eigenvalue weighted by atomic mass is 16.5. The van der Waals surface area contributed by atoms with Crippen LogP contribution >= 0.6 is 0 Å². The molecule has 3 rings (SSSR count). The zero-order chi connectivity index (χ0) is 17.6. The van der Waals surface area contributed by atoms with Gasteiger partial charge in [-0.1, -0.05) is 35.5 Å². The Labute approximate surface area is 145 Å². The van der Waals surface area contributed by atoms with Gasteiger partial charge in [0.15, 0.2) is 11.5 Å². The van der Waals surface area contributed by atoms with E-state index in [1.165, 1.54) is 0 Å². The summed E-state index contributed by atoms with van der Waals surface area (Å²) in [5.74, 6) is 0.168. The molecule has 6 heteroatoms. The van der Waals surface area contributed by atoms with Crippen molar-refractivity contribution in [2.24, 2.45) is 0 Å². The molecule has 2 unspecified atom stereocenters. The van der Waals surface area contributed by atoms with E-state index >= 15 is 0 Å². The lowest BCUT2D eigenvalue weighted by atomic mass is 10.0. The number of nitrogens with one attached hydrogen (secondary N) is 1. The van der Waals surface area contributed by atoms with Gasteiger partial charge in [0.25, 0.3) is 5.91 Å². The maximum atomic E-state index is 12.3. The van der Waals surface area contributed by atoms with E-state index in [9.17, 15) is 9.90 Å². The molecule has 1 aromatic carbocycles. The third-order valence-electron chi connectivity index (χ3n) is 3.85. The molecule has 0 radical (unpaired) electrons. The van der Waals surface area contributed by atoms with Crippen LogP contribution < -0.4 is 5.32 Å². The number of carbonyl (C=O) groups excluding carboxylic acids is 1. The van der Waals surface area contributed by atoms with Crippen molar-refractivity contribution in [2.75, 3.05) is 0 Å². The van der Waals surface area contributed by atoms with Gasteiger partial charge in [-0.2, -0.15) is 0 Å². The molecule has 3 aromatic rings. The van der Waals surface area contributed by atoms with Crippen LogP contribution in [0.15, 0.2) is 65.4 Å². The lowest BCUT2D eigenvalue weighted by Gasteiger charge is -2.17. The van der Waals surface area contributed by atoms with Crippen molar-refractivity contribution in [1.29, 1.82) is 0 Å². The zero-order valence-corrected chi connectivity index (χ0v) is 13.8. The van der Waals surface area contributed by atoms with Gasteiger partial charge in [-0.05, 0) is 31.0 Å². The quantitative estimate of drug-likeness (QED) is 0.722. The third-order valence-corrected chi connectivity index (χ3v) is 3.85. The van der Waals surface area contributed by atoms with Crippen LogP contribution in [0.1, 0.15) is 35.5 Å². The Morgan fingerprint density at radius 1 is 1.20 bits per heavy atom. The second-order valence-corrected chi connectivity index (χ2v) is 5.85. The Balaban J connectivity index is 1.59. The molecule has 1 amide bonds. The summed E-state index contributed by atoms with van der Waals surface area (Å²) < 4.78 is 5.22. The van der Waals surface area contributed by atoms with Crippen molar-refractivity contribution in [3.8, 4) is 11.3 Å². The number of amides is 1. The minimum Gasteiger partial charge on any atom is -0.388 e. The average molecular weight is 337 g/mol. The molecule has 0 saturated carbocycles. The average Bonchev–Trinajstić information content (AvgIpc) is 3.13. The fraction of sp³-hybridized carbons (Fsp3) is 0.211. The summed E-state index contributed by atoms with van der Waals surface area (Å²) in [4.78, 5) is 16.2. The molecule has 0 aliphatic rings. The van der Waals surface area contributed by atoms with Gasteiger partial charge in [-0.15, -0.1) is 0 Å². The number of rotatable bonds is 6. The van der Waals surface area contributed by atoms with E-state index in [-0.39, 0.29) is 17.6 Å². The van der Waals surface area contributed by atoms with Gasteiger partial charge >= 0.3 is 0 Å². The molecular weight excluding hydrogens is 318 g/mol. The molecule has 128 valence electrons. The van der Waals surface area contributed by atoms with Crippen LogP contribution in [0.5, 0.6) is 0 Å². The van der Waals surface area contributed by atoms with Crippen LogP contribution in [0.2, 0.25) is 0 Å². The number of carbonyl (C=O) groups is 1. The van der Waals surface area contributed by atoms with E-state index in [1.54, 1.807) is 30.6 Å². The minimum atomic E-state index is -0.638. The molecule has 25 heavy (non-hydrogen) atoms. The van der Waals surface area contributed by atoms with Crippen LogP contribution in [-0.4, -0.2) is 27.2 Å². The topological polar surface area (TPSA) is 88.2 Å². The molecule has 2 heterocycles. The van der Waals surface area contributed by atoms with Crippen molar-refractivity contribution in [3.05, 3.63) is 72.2 Å². The van der Waals surface area contributed by atoms with E-state index < -0.39 is 6.10 Å². The van der Waals surface area contributed by atoms with Gasteiger partial charge in [0, 0.05) is 30.1 Å². The maximum absolute atomic E-state index is 12.3. The van der Waals surface area contributed by atoms with Crippen LogP contribution in [0.25, 0.3) is 11.3 Å². The zero-order valence-electron chi connectivity index (χ0n) is 13.8. The van der Waals surface area contributed by atoms with Crippen molar-refractivity contribution >= 4 is 5.91 Å². The first-order valence-electron chi connectivity index (χ1n) is 8.04. The number of aromatic nitrogens is 2. The maximum Gasteiger partial charge on any atom is 0.273 e. The molecule has 2 atom stereocenters. The minimum absolute atomic E-state index is 0.202. The number of nitrogens with zero attached hydrogens (tertiary/aromatic N) is 2. The van der Waals surface area contributed by atoms with Gasteiger partial charge in [-0.25, -0.2) is 0 Å². The summed E-state index contributed by atoms with van der Waals surface area (Å²) in [6, 6.07) is 14.3. The first-order chi connectivity index (χ1) is 12.1. The van der Waals surface area contributed by atoms with Crippen molar-refractivity contribution in [3.63, 3.8) is 0 Å². The molecule has 0 spiro atoms. The summed E-state index contributed by atoms with van der Waals surface area (Å²) in [6.07, 6.45) is 3.06. The molecule has 2 N–H and O–H groups in total. The smallest absolute Gasteiger partial charge is 0.273 e. The number of aliphatic hydroxyl groups is 1. The van der Waals surface area contributed by atoms with Crippen LogP contribution in [0.4, 0.5) is 0 Å². The standard InChI is InChI=1S/C19H19N3O3/c1-13(11-17(23)14-5-3-2-4-6-14)21-19(24)16-12-18(25-22-16)15-7-9-20-10-8-15/h2-10,12-13,17,23H,11H2,1H3,(H,21,24). The molecule has 0 aliphatic heterocycles. The van der Waals surface area contributed by atoms with Crippen LogP contribution in [0.3, 0.4) is 0 Å². The highest BCUT2D eigenvalue weighted by Gasteiger charge is 2.18. The molecule has 0 fully saturated rings. The van der Waals surface area contributed by atoms with E-state index in [0.29, 0.717) is 12.2 Å². The van der Waals surface area contributed by atoms with Gasteiger partial charge in [0.05, 0.1) is 6.10 Å². The predicted octanol–water partition coefficient (Wildman–Crippen LogP) is 2.98. The third kappa shape index (κ3) is 4.30. The Morgan fingerprint density at radius 3 is 2.64 bits per heavy atom. The summed E-state index contributed by atoms with van der Waals surface area (Å²) >= 11 is 0. The number of hydrogen-bond acceptors (Lipinski definition) is 5. The largest absolute Gasteiger partial charge is 0.388 e. The van der Waals surface area contributed by atoms with Crippen molar-refractivity contribution < 1.29 is 14.4 Å². The van der Waals surface area contributed by atoms with E-state index in [4.69, 9.17) is 4.52 Å². The molecular formula is C19H19N3O3. The summed E-state index contributed by atoms with van der Waals surface area (Å²) in [6.45, 7) is 1.84. The lowest BCUT2D eigenvalue weighted by molar-refractivity contribution is 0.0908. The van der Waals surface area contributed by atoms with Gasteiger partial charge < -0.3 is 14.9 Å². The Kier molecular flexibility index (Phi) is 5.20. The predicted molar refractivity (Wildman–Crippen MR) is 92.7 cm³/mol. The second kappa shape index (κ2) is 7.72. The van der Waals surface area contributed by atoms with E-state index in [0.717, 1.165) is 11.1 Å². The molecule has 0 aliphatic carbocycles. The Morgan fingerprint density at radius 2 is 1.92 bits per heavy atom. The fourth-order valence-electron chi connectivity index (χ4n) is 2.54. The molecule has 0 saturated heterocycles. The lowest BCUT2D eigenvalue weighted by Crippen LogP contribution is -2.33. The highest BCUT2D eigenvalue weighted by Crippen LogP contribution is 2.20. The number of benzene rings is 1. The summed E-state index contributed by atoms with van der Waals surface area (Å²) in [7, 11) is 0. The summed E-state index contributed by atoms with van der Waals surface area (Å²) in [5.41, 5.74) is 1.83. The highest BCUT2D eigenvalue weighted by molar-refractivity contribution is 5.93. The molecule has 2 aromatic heterocycles.